The zero-order chi connectivity index (χ0) is 13.6. The van der Waals surface area contributed by atoms with Crippen molar-refractivity contribution < 1.29 is 0 Å². The second kappa shape index (κ2) is 5.91. The molecule has 0 bridgehead atoms. The lowest BCUT2D eigenvalue weighted by atomic mass is 9.83. The first-order valence-corrected chi connectivity index (χ1v) is 6.56. The Labute approximate surface area is 112 Å². The van der Waals surface area contributed by atoms with Crippen molar-refractivity contribution in [1.82, 2.24) is 0 Å². The van der Waals surface area contributed by atoms with Crippen LogP contribution in [-0.2, 0) is 6.42 Å². The molecule has 0 unspecified atom stereocenters. The summed E-state index contributed by atoms with van der Waals surface area (Å²) in [6.45, 7) is 12.5. The molecule has 0 aliphatic carbocycles. The van der Waals surface area contributed by atoms with Crippen LogP contribution < -0.4 is 0 Å². The Hall–Kier alpha value is -1.48. The minimum Gasteiger partial charge on any atom is -0.102 e. The van der Waals surface area contributed by atoms with Crippen molar-refractivity contribution >= 4 is 0 Å². The van der Waals surface area contributed by atoms with Crippen molar-refractivity contribution in [2.45, 2.75) is 40.5 Å². The SMILES string of the molecule is C=C[C@@](C)(C#CC(C)(C)C)CCc1ccccc1. The van der Waals surface area contributed by atoms with Crippen LogP contribution in [0, 0.1) is 22.7 Å². The molecule has 0 heteroatoms. The van der Waals surface area contributed by atoms with E-state index in [0.29, 0.717) is 0 Å². The summed E-state index contributed by atoms with van der Waals surface area (Å²) in [5, 5.41) is 0. The molecule has 0 radical (unpaired) electrons. The monoisotopic (exact) mass is 240 g/mol. The molecule has 0 aromatic heterocycles. The maximum absolute atomic E-state index is 3.94. The lowest BCUT2D eigenvalue weighted by molar-refractivity contribution is 0.512. The highest BCUT2D eigenvalue weighted by molar-refractivity contribution is 5.22. The van der Waals surface area contributed by atoms with Crippen LogP contribution in [0.4, 0.5) is 0 Å². The van der Waals surface area contributed by atoms with Gasteiger partial charge in [-0.05, 0) is 46.1 Å². The number of hydrogen-bond donors (Lipinski definition) is 0. The maximum Gasteiger partial charge on any atom is 0.0466 e. The maximum atomic E-state index is 3.94. The normalized spacial score (nSPS) is 14.2. The third-order valence-corrected chi connectivity index (χ3v) is 2.95. The van der Waals surface area contributed by atoms with Crippen molar-refractivity contribution in [3.8, 4) is 11.8 Å². The molecule has 0 aliphatic heterocycles. The van der Waals surface area contributed by atoms with Gasteiger partial charge in [-0.1, -0.05) is 48.2 Å². The van der Waals surface area contributed by atoms with Crippen molar-refractivity contribution in [1.29, 1.82) is 0 Å². The lowest BCUT2D eigenvalue weighted by Crippen LogP contribution is -2.13. The predicted molar refractivity (Wildman–Crippen MR) is 80.3 cm³/mol. The largest absolute Gasteiger partial charge is 0.102 e. The van der Waals surface area contributed by atoms with Gasteiger partial charge < -0.3 is 0 Å². The first kappa shape index (κ1) is 14.6. The number of hydrogen-bond acceptors (Lipinski definition) is 0. The molecular formula is C18H24. The first-order chi connectivity index (χ1) is 8.35. The molecule has 96 valence electrons. The molecule has 0 saturated heterocycles. The van der Waals surface area contributed by atoms with E-state index in [1.54, 1.807) is 0 Å². The molecule has 0 heterocycles. The van der Waals surface area contributed by atoms with E-state index in [-0.39, 0.29) is 10.8 Å². The van der Waals surface area contributed by atoms with Crippen LogP contribution in [0.15, 0.2) is 43.0 Å². The molecule has 0 amide bonds. The molecule has 1 atom stereocenters. The molecule has 0 saturated carbocycles. The average Bonchev–Trinajstić information content (AvgIpc) is 2.34. The first-order valence-electron chi connectivity index (χ1n) is 6.56. The Bertz CT molecular complexity index is 436. The molecule has 0 spiro atoms. The zero-order valence-corrected chi connectivity index (χ0v) is 12.1. The second-order valence-electron chi connectivity index (χ2n) is 6.11. The topological polar surface area (TPSA) is 0 Å². The van der Waals surface area contributed by atoms with E-state index >= 15 is 0 Å². The quantitative estimate of drug-likeness (QED) is 0.521. The molecule has 1 aromatic carbocycles. The average molecular weight is 240 g/mol. The van der Waals surface area contributed by atoms with Gasteiger partial charge in [-0.25, -0.2) is 0 Å². The third-order valence-electron chi connectivity index (χ3n) is 2.95. The van der Waals surface area contributed by atoms with Crippen molar-refractivity contribution in [2.24, 2.45) is 10.8 Å². The van der Waals surface area contributed by atoms with Gasteiger partial charge in [0, 0.05) is 10.8 Å². The number of aryl methyl sites for hydroxylation is 1. The summed E-state index contributed by atoms with van der Waals surface area (Å²) in [6.07, 6.45) is 4.04. The van der Waals surface area contributed by atoms with Crippen LogP contribution in [0.25, 0.3) is 0 Å². The Morgan fingerprint density at radius 2 is 1.67 bits per heavy atom. The van der Waals surface area contributed by atoms with Crippen LogP contribution >= 0.6 is 0 Å². The summed E-state index contributed by atoms with van der Waals surface area (Å²) in [6, 6.07) is 10.6. The highest BCUT2D eigenvalue weighted by Gasteiger charge is 2.17. The van der Waals surface area contributed by atoms with E-state index in [1.165, 1.54) is 5.56 Å². The van der Waals surface area contributed by atoms with Gasteiger partial charge in [0.2, 0.25) is 0 Å². The van der Waals surface area contributed by atoms with Crippen LogP contribution in [0.1, 0.15) is 39.7 Å². The number of rotatable bonds is 4. The van der Waals surface area contributed by atoms with E-state index in [2.05, 4.69) is 76.4 Å². The minimum absolute atomic E-state index is 0.0526. The van der Waals surface area contributed by atoms with E-state index in [9.17, 15) is 0 Å². The van der Waals surface area contributed by atoms with E-state index < -0.39 is 0 Å². The van der Waals surface area contributed by atoms with Gasteiger partial charge in [-0.15, -0.1) is 6.58 Å². The highest BCUT2D eigenvalue weighted by atomic mass is 14.2. The third kappa shape index (κ3) is 5.23. The predicted octanol–water partition coefficient (Wildman–Crippen LogP) is 4.86. The molecule has 0 nitrogen and oxygen atoms in total. The molecule has 0 fully saturated rings. The highest BCUT2D eigenvalue weighted by Crippen LogP contribution is 2.25. The van der Waals surface area contributed by atoms with Crippen LogP contribution in [0.5, 0.6) is 0 Å². The molecule has 0 aliphatic rings. The smallest absolute Gasteiger partial charge is 0.0466 e. The molecule has 18 heavy (non-hydrogen) atoms. The summed E-state index contributed by atoms with van der Waals surface area (Å²) in [7, 11) is 0. The Morgan fingerprint density at radius 3 is 2.17 bits per heavy atom. The molecule has 1 aromatic rings. The van der Waals surface area contributed by atoms with Gasteiger partial charge in [0.25, 0.3) is 0 Å². The van der Waals surface area contributed by atoms with Gasteiger partial charge in [0.05, 0.1) is 0 Å². The van der Waals surface area contributed by atoms with Gasteiger partial charge in [-0.2, -0.15) is 0 Å². The lowest BCUT2D eigenvalue weighted by Gasteiger charge is -2.20. The van der Waals surface area contributed by atoms with Gasteiger partial charge >= 0.3 is 0 Å². The van der Waals surface area contributed by atoms with E-state index in [0.717, 1.165) is 12.8 Å². The Kier molecular flexibility index (Phi) is 4.79. The van der Waals surface area contributed by atoms with Gasteiger partial charge in [0.1, 0.15) is 0 Å². The van der Waals surface area contributed by atoms with Crippen molar-refractivity contribution in [3.63, 3.8) is 0 Å². The van der Waals surface area contributed by atoms with Crippen molar-refractivity contribution in [2.75, 3.05) is 0 Å². The summed E-state index contributed by atoms with van der Waals surface area (Å²) in [5.41, 5.74) is 1.32. The molecular weight excluding hydrogens is 216 g/mol. The second-order valence-corrected chi connectivity index (χ2v) is 6.11. The molecule has 0 N–H and O–H groups in total. The summed E-state index contributed by atoms with van der Waals surface area (Å²) in [5.74, 6) is 6.72. The van der Waals surface area contributed by atoms with Crippen LogP contribution in [0.3, 0.4) is 0 Å². The standard InChI is InChI=1S/C18H24/c1-6-18(5,15-14-17(2,3)4)13-12-16-10-8-7-9-11-16/h6-11H,1,12-13H2,2-5H3/t18-/m1/s1. The van der Waals surface area contributed by atoms with E-state index in [4.69, 9.17) is 0 Å². The minimum atomic E-state index is -0.0941. The zero-order valence-electron chi connectivity index (χ0n) is 12.1. The Balaban J connectivity index is 2.71. The molecule has 1 rings (SSSR count). The number of benzene rings is 1. The summed E-state index contributed by atoms with van der Waals surface area (Å²) in [4.78, 5) is 0. The summed E-state index contributed by atoms with van der Waals surface area (Å²) < 4.78 is 0. The summed E-state index contributed by atoms with van der Waals surface area (Å²) >= 11 is 0. The van der Waals surface area contributed by atoms with Gasteiger partial charge in [0.15, 0.2) is 0 Å². The van der Waals surface area contributed by atoms with E-state index in [1.807, 2.05) is 6.08 Å². The fourth-order valence-electron chi connectivity index (χ4n) is 1.59. The van der Waals surface area contributed by atoms with Crippen LogP contribution in [-0.4, -0.2) is 0 Å². The fourth-order valence-corrected chi connectivity index (χ4v) is 1.59. The fraction of sp³-hybridized carbons (Fsp3) is 0.444. The van der Waals surface area contributed by atoms with Crippen molar-refractivity contribution in [3.05, 3.63) is 48.6 Å². The van der Waals surface area contributed by atoms with Gasteiger partial charge in [-0.3, -0.25) is 0 Å². The number of allylic oxidation sites excluding steroid dienone is 1. The Morgan fingerprint density at radius 1 is 1.06 bits per heavy atom. The van der Waals surface area contributed by atoms with Crippen LogP contribution in [0.2, 0.25) is 0 Å².